The second-order valence-corrected chi connectivity index (χ2v) is 8.48. The molecule has 0 saturated carbocycles. The van der Waals surface area contributed by atoms with Gasteiger partial charge in [0.25, 0.3) is 0 Å². The molecule has 1 saturated heterocycles. The van der Waals surface area contributed by atoms with E-state index in [9.17, 15) is 0 Å². The molecular weight excluding hydrogens is 360 g/mol. The molecule has 0 amide bonds. The highest BCUT2D eigenvalue weighted by molar-refractivity contribution is 7.73. The van der Waals surface area contributed by atoms with Crippen molar-refractivity contribution in [2.45, 2.75) is 32.4 Å². The summed E-state index contributed by atoms with van der Waals surface area (Å²) in [4.78, 5) is 2.53. The van der Waals surface area contributed by atoms with Crippen LogP contribution in [0.25, 0.3) is 10.2 Å². The molecule has 4 rings (SSSR count). The van der Waals surface area contributed by atoms with Crippen LogP contribution in [-0.4, -0.2) is 29.2 Å². The Kier molecular flexibility index (Phi) is 5.38. The molecule has 0 radical (unpaired) electrons. The van der Waals surface area contributed by atoms with Crippen LogP contribution in [0.5, 0.6) is 5.75 Å². The van der Waals surface area contributed by atoms with E-state index in [4.69, 9.17) is 17.0 Å². The van der Waals surface area contributed by atoms with E-state index in [1.165, 1.54) is 28.6 Å². The summed E-state index contributed by atoms with van der Waals surface area (Å²) >= 11 is 7.32. The normalized spacial score (nSPS) is 16.2. The van der Waals surface area contributed by atoms with E-state index in [0.29, 0.717) is 12.5 Å². The number of thiazole rings is 1. The fourth-order valence-electron chi connectivity index (χ4n) is 3.77. The van der Waals surface area contributed by atoms with Gasteiger partial charge in [0.05, 0.1) is 23.5 Å². The Bertz CT molecular complexity index is 924. The minimum atomic E-state index is 0.688. The van der Waals surface area contributed by atoms with Crippen molar-refractivity contribution in [3.05, 3.63) is 58.0 Å². The Morgan fingerprint density at radius 1 is 1.12 bits per heavy atom. The molecule has 136 valence electrons. The highest BCUT2D eigenvalue weighted by Gasteiger charge is 2.21. The number of rotatable bonds is 5. The first-order chi connectivity index (χ1) is 12.7. The number of piperidine rings is 1. The molecule has 1 aromatic heterocycles. The molecule has 2 aromatic carbocycles. The van der Waals surface area contributed by atoms with Gasteiger partial charge in [0.1, 0.15) is 5.75 Å². The first kappa shape index (κ1) is 17.7. The van der Waals surface area contributed by atoms with Crippen molar-refractivity contribution < 1.29 is 4.74 Å². The number of aromatic nitrogens is 1. The standard InChI is InChI=1S/C21H24N2OS2/c1-2-24-18-8-9-19-20(14-18)26-21(25)23(19)15-22-12-10-17(11-13-22)16-6-4-3-5-7-16/h3-9,14,17H,2,10-13,15H2,1H3. The second kappa shape index (κ2) is 7.91. The summed E-state index contributed by atoms with van der Waals surface area (Å²) < 4.78 is 10.0. The fraction of sp³-hybridized carbons (Fsp3) is 0.381. The number of benzene rings is 2. The van der Waals surface area contributed by atoms with Crippen LogP contribution in [0.15, 0.2) is 48.5 Å². The lowest BCUT2D eigenvalue weighted by Crippen LogP contribution is -2.34. The third-order valence-electron chi connectivity index (χ3n) is 5.15. The molecule has 3 nitrogen and oxygen atoms in total. The van der Waals surface area contributed by atoms with Crippen molar-refractivity contribution in [2.75, 3.05) is 19.7 Å². The fourth-order valence-corrected chi connectivity index (χ4v) is 5.11. The Hall–Kier alpha value is -1.69. The molecule has 0 aliphatic carbocycles. The summed E-state index contributed by atoms with van der Waals surface area (Å²) in [5.41, 5.74) is 2.70. The second-order valence-electron chi connectivity index (χ2n) is 6.80. The summed E-state index contributed by atoms with van der Waals surface area (Å²) in [6, 6.07) is 17.2. The maximum atomic E-state index is 5.64. The SMILES string of the molecule is CCOc1ccc2c(c1)sc(=S)n2CN1CCC(c2ccccc2)CC1. The molecule has 0 atom stereocenters. The molecule has 1 fully saturated rings. The first-order valence-electron chi connectivity index (χ1n) is 9.28. The minimum absolute atomic E-state index is 0.688. The molecule has 26 heavy (non-hydrogen) atoms. The van der Waals surface area contributed by atoms with Crippen molar-refractivity contribution >= 4 is 33.8 Å². The summed E-state index contributed by atoms with van der Waals surface area (Å²) in [5, 5.41) is 0. The molecule has 0 bridgehead atoms. The summed E-state index contributed by atoms with van der Waals surface area (Å²) in [7, 11) is 0. The van der Waals surface area contributed by atoms with Gasteiger partial charge in [-0.1, -0.05) is 30.3 Å². The van der Waals surface area contributed by atoms with Crippen molar-refractivity contribution in [3.8, 4) is 5.75 Å². The van der Waals surface area contributed by atoms with Crippen LogP contribution in [0.1, 0.15) is 31.2 Å². The van der Waals surface area contributed by atoms with Crippen molar-refractivity contribution in [2.24, 2.45) is 0 Å². The number of nitrogens with zero attached hydrogens (tertiary/aromatic N) is 2. The predicted octanol–water partition coefficient (Wildman–Crippen LogP) is 5.67. The number of ether oxygens (including phenoxy) is 1. The van der Waals surface area contributed by atoms with Crippen molar-refractivity contribution in [3.63, 3.8) is 0 Å². The van der Waals surface area contributed by atoms with Crippen LogP contribution < -0.4 is 4.74 Å². The number of likely N-dealkylation sites (tertiary alicyclic amines) is 1. The van der Waals surface area contributed by atoms with Gasteiger partial charge >= 0.3 is 0 Å². The molecular formula is C21H24N2OS2. The van der Waals surface area contributed by atoms with Gasteiger partial charge < -0.3 is 9.30 Å². The predicted molar refractivity (Wildman–Crippen MR) is 112 cm³/mol. The van der Waals surface area contributed by atoms with Gasteiger partial charge in [0, 0.05) is 13.1 Å². The third-order valence-corrected chi connectivity index (χ3v) is 6.56. The van der Waals surface area contributed by atoms with Crippen LogP contribution in [0, 0.1) is 3.95 Å². The number of hydrogen-bond donors (Lipinski definition) is 0. The molecule has 1 aliphatic heterocycles. The van der Waals surface area contributed by atoms with Crippen LogP contribution in [-0.2, 0) is 6.67 Å². The highest BCUT2D eigenvalue weighted by atomic mass is 32.1. The number of hydrogen-bond acceptors (Lipinski definition) is 4. The largest absolute Gasteiger partial charge is 0.494 e. The van der Waals surface area contributed by atoms with E-state index in [0.717, 1.165) is 29.5 Å². The molecule has 0 N–H and O–H groups in total. The van der Waals surface area contributed by atoms with Crippen molar-refractivity contribution in [1.29, 1.82) is 0 Å². The quantitative estimate of drug-likeness (QED) is 0.528. The molecule has 3 aromatic rings. The molecule has 0 spiro atoms. The Morgan fingerprint density at radius 2 is 1.88 bits per heavy atom. The van der Waals surface area contributed by atoms with E-state index in [2.05, 4.69) is 51.9 Å². The Morgan fingerprint density at radius 3 is 2.62 bits per heavy atom. The first-order valence-corrected chi connectivity index (χ1v) is 10.5. The summed E-state index contributed by atoms with van der Waals surface area (Å²) in [6.07, 6.45) is 2.43. The smallest absolute Gasteiger partial charge is 0.163 e. The van der Waals surface area contributed by atoms with Gasteiger partial charge in [-0.05, 0) is 61.7 Å². The van der Waals surface area contributed by atoms with E-state index in [1.807, 2.05) is 13.0 Å². The number of fused-ring (bicyclic) bond motifs is 1. The Balaban J connectivity index is 1.46. The zero-order valence-electron chi connectivity index (χ0n) is 15.1. The minimum Gasteiger partial charge on any atom is -0.494 e. The monoisotopic (exact) mass is 384 g/mol. The van der Waals surface area contributed by atoms with E-state index in [-0.39, 0.29) is 0 Å². The van der Waals surface area contributed by atoms with Crippen LogP contribution >= 0.6 is 23.6 Å². The van der Waals surface area contributed by atoms with Gasteiger partial charge in [-0.15, -0.1) is 11.3 Å². The van der Waals surface area contributed by atoms with E-state index in [1.54, 1.807) is 11.3 Å². The van der Waals surface area contributed by atoms with Gasteiger partial charge in [-0.2, -0.15) is 0 Å². The lowest BCUT2D eigenvalue weighted by Gasteiger charge is -2.32. The molecule has 5 heteroatoms. The van der Waals surface area contributed by atoms with Gasteiger partial charge in [0.15, 0.2) is 3.95 Å². The lowest BCUT2D eigenvalue weighted by atomic mass is 9.90. The van der Waals surface area contributed by atoms with Crippen LogP contribution in [0.4, 0.5) is 0 Å². The third kappa shape index (κ3) is 3.70. The lowest BCUT2D eigenvalue weighted by molar-refractivity contribution is 0.172. The average Bonchev–Trinajstić information content (AvgIpc) is 2.98. The molecule has 0 unspecified atom stereocenters. The van der Waals surface area contributed by atoms with E-state index >= 15 is 0 Å². The molecule has 2 heterocycles. The Labute approximate surface area is 163 Å². The van der Waals surface area contributed by atoms with Crippen LogP contribution in [0.2, 0.25) is 0 Å². The van der Waals surface area contributed by atoms with Crippen molar-refractivity contribution in [1.82, 2.24) is 9.47 Å². The highest BCUT2D eigenvalue weighted by Crippen LogP contribution is 2.30. The average molecular weight is 385 g/mol. The zero-order valence-corrected chi connectivity index (χ0v) is 16.7. The van der Waals surface area contributed by atoms with E-state index < -0.39 is 0 Å². The van der Waals surface area contributed by atoms with Gasteiger partial charge in [0.2, 0.25) is 0 Å². The maximum Gasteiger partial charge on any atom is 0.163 e. The topological polar surface area (TPSA) is 17.4 Å². The van der Waals surface area contributed by atoms with Gasteiger partial charge in [-0.3, -0.25) is 4.90 Å². The van der Waals surface area contributed by atoms with Crippen LogP contribution in [0.3, 0.4) is 0 Å². The summed E-state index contributed by atoms with van der Waals surface area (Å²) in [5.74, 6) is 1.61. The summed E-state index contributed by atoms with van der Waals surface area (Å²) in [6.45, 7) is 5.82. The zero-order chi connectivity index (χ0) is 17.9. The van der Waals surface area contributed by atoms with Gasteiger partial charge in [-0.25, -0.2) is 0 Å². The maximum absolute atomic E-state index is 5.64. The molecule has 1 aliphatic rings.